The summed E-state index contributed by atoms with van der Waals surface area (Å²) in [5.41, 5.74) is 8.06. The normalized spacial score (nSPS) is 18.2. The molecule has 2 saturated carbocycles. The molecule has 4 heteroatoms. The molecule has 0 spiro atoms. The van der Waals surface area contributed by atoms with Crippen molar-refractivity contribution in [2.45, 2.75) is 30.1 Å². The summed E-state index contributed by atoms with van der Waals surface area (Å²) < 4.78 is 0. The van der Waals surface area contributed by atoms with Gasteiger partial charge in [0.1, 0.15) is 0 Å². The van der Waals surface area contributed by atoms with Gasteiger partial charge in [0.2, 0.25) is 11.8 Å². The molecule has 4 nitrogen and oxygen atoms in total. The fourth-order valence-corrected chi connectivity index (χ4v) is 7.82. The molecule has 2 amide bonds. The SMILES string of the molecule is O=C(Nc1ccc(Cc2ccc(NC(=O)[C@@H]3CC3(c3ccccc3)c3ccccc3)cc2)cc1)[C@H]1CC1(c1ccccc1)c1ccccc1. The number of rotatable bonds is 10. The fourth-order valence-electron chi connectivity index (χ4n) is 7.82. The molecule has 6 aromatic carbocycles. The van der Waals surface area contributed by atoms with Crippen molar-refractivity contribution in [2.75, 3.05) is 10.6 Å². The van der Waals surface area contributed by atoms with E-state index >= 15 is 0 Å². The van der Waals surface area contributed by atoms with Crippen molar-refractivity contribution in [2.24, 2.45) is 11.8 Å². The van der Waals surface area contributed by atoms with Crippen molar-refractivity contribution in [3.05, 3.63) is 203 Å². The number of anilines is 2. The number of amides is 2. The Morgan fingerprint density at radius 2 is 0.714 bits per heavy atom. The zero-order chi connectivity index (χ0) is 33.3. The predicted molar refractivity (Wildman–Crippen MR) is 196 cm³/mol. The molecule has 0 aliphatic heterocycles. The summed E-state index contributed by atoms with van der Waals surface area (Å²) in [6.45, 7) is 0. The highest BCUT2D eigenvalue weighted by molar-refractivity contribution is 5.98. The molecule has 0 saturated heterocycles. The third kappa shape index (κ3) is 5.84. The van der Waals surface area contributed by atoms with E-state index in [1.54, 1.807) is 0 Å². The van der Waals surface area contributed by atoms with Gasteiger partial charge in [-0.05, 0) is 76.9 Å². The fraction of sp³-hybridized carbons (Fsp3) is 0.156. The Morgan fingerprint density at radius 1 is 0.429 bits per heavy atom. The highest BCUT2D eigenvalue weighted by Crippen LogP contribution is 2.60. The van der Waals surface area contributed by atoms with Gasteiger partial charge in [-0.2, -0.15) is 0 Å². The molecule has 0 bridgehead atoms. The van der Waals surface area contributed by atoms with E-state index in [2.05, 4.69) is 83.4 Å². The molecule has 8 rings (SSSR count). The van der Waals surface area contributed by atoms with Gasteiger partial charge < -0.3 is 10.6 Å². The molecule has 6 aromatic rings. The second kappa shape index (κ2) is 12.7. The molecule has 0 unspecified atom stereocenters. The third-order valence-electron chi connectivity index (χ3n) is 10.6. The highest BCUT2D eigenvalue weighted by Gasteiger charge is 2.61. The van der Waals surface area contributed by atoms with Crippen LogP contribution in [0, 0.1) is 11.8 Å². The van der Waals surface area contributed by atoms with Crippen LogP contribution in [0.2, 0.25) is 0 Å². The lowest BCUT2D eigenvalue weighted by Crippen LogP contribution is -2.22. The van der Waals surface area contributed by atoms with Crippen molar-refractivity contribution >= 4 is 23.2 Å². The van der Waals surface area contributed by atoms with E-state index in [0.717, 1.165) is 41.8 Å². The van der Waals surface area contributed by atoms with Crippen LogP contribution < -0.4 is 10.6 Å². The van der Waals surface area contributed by atoms with E-state index in [1.165, 1.54) is 22.3 Å². The van der Waals surface area contributed by atoms with Crippen LogP contribution in [-0.4, -0.2) is 11.8 Å². The number of carbonyl (C=O) groups excluding carboxylic acids is 2. The van der Waals surface area contributed by atoms with Crippen LogP contribution >= 0.6 is 0 Å². The van der Waals surface area contributed by atoms with Crippen LogP contribution in [0.25, 0.3) is 0 Å². The lowest BCUT2D eigenvalue weighted by Gasteiger charge is -2.19. The first-order valence-corrected chi connectivity index (χ1v) is 17.1. The van der Waals surface area contributed by atoms with E-state index in [-0.39, 0.29) is 34.5 Å². The van der Waals surface area contributed by atoms with Gasteiger partial charge in [-0.3, -0.25) is 9.59 Å². The maximum absolute atomic E-state index is 13.5. The quantitative estimate of drug-likeness (QED) is 0.157. The summed E-state index contributed by atoms with van der Waals surface area (Å²) in [4.78, 5) is 27.0. The van der Waals surface area contributed by atoms with Crippen LogP contribution in [0.3, 0.4) is 0 Å². The lowest BCUT2D eigenvalue weighted by atomic mass is 9.85. The van der Waals surface area contributed by atoms with Crippen LogP contribution in [0.5, 0.6) is 0 Å². The highest BCUT2D eigenvalue weighted by atomic mass is 16.2. The first kappa shape index (κ1) is 30.6. The van der Waals surface area contributed by atoms with Crippen LogP contribution in [0.1, 0.15) is 46.2 Å². The van der Waals surface area contributed by atoms with Gasteiger partial charge in [-0.1, -0.05) is 146 Å². The average Bonchev–Trinajstić information content (AvgIpc) is 4.09. The molecular weight excluding hydrogens is 601 g/mol. The number of hydrogen-bond donors (Lipinski definition) is 2. The van der Waals surface area contributed by atoms with Gasteiger partial charge >= 0.3 is 0 Å². The Morgan fingerprint density at radius 3 is 1.00 bits per heavy atom. The smallest absolute Gasteiger partial charge is 0.228 e. The minimum atomic E-state index is -0.288. The minimum absolute atomic E-state index is 0.0501. The van der Waals surface area contributed by atoms with Gasteiger partial charge in [0, 0.05) is 22.2 Å². The predicted octanol–water partition coefficient (Wildman–Crippen LogP) is 9.17. The lowest BCUT2D eigenvalue weighted by molar-refractivity contribution is -0.118. The van der Waals surface area contributed by atoms with Gasteiger partial charge in [0.25, 0.3) is 0 Å². The van der Waals surface area contributed by atoms with Crippen molar-refractivity contribution in [3.8, 4) is 0 Å². The molecule has 2 aliphatic carbocycles. The summed E-state index contributed by atoms with van der Waals surface area (Å²) >= 11 is 0. The Bertz CT molecular complexity index is 1830. The number of benzene rings is 6. The Kier molecular flexibility index (Phi) is 7.93. The Balaban J connectivity index is 0.891. The standard InChI is InChI=1S/C45H38N2O2/c48-42(40-30-44(40,34-13-5-1-6-14-34)35-15-7-2-8-16-35)46-38-25-21-32(22-26-38)29-33-23-27-39(28-24-33)47-43(49)41-31-45(41,36-17-9-3-10-18-36)37-19-11-4-12-20-37/h1-28,40-41H,29-31H2,(H,46,48)(H,47,49)/t40-,41+. The third-order valence-corrected chi connectivity index (χ3v) is 10.6. The number of hydrogen-bond acceptors (Lipinski definition) is 2. The first-order valence-electron chi connectivity index (χ1n) is 17.1. The molecule has 240 valence electrons. The van der Waals surface area contributed by atoms with Gasteiger partial charge in [0.05, 0.1) is 11.8 Å². The van der Waals surface area contributed by atoms with Gasteiger partial charge in [-0.15, -0.1) is 0 Å². The maximum atomic E-state index is 13.5. The number of nitrogens with one attached hydrogen (secondary N) is 2. The zero-order valence-electron chi connectivity index (χ0n) is 27.3. The summed E-state index contributed by atoms with van der Waals surface area (Å²) in [7, 11) is 0. The Hall–Kier alpha value is -5.74. The van der Waals surface area contributed by atoms with E-state index < -0.39 is 0 Å². The average molecular weight is 639 g/mol. The first-order chi connectivity index (χ1) is 24.1. The van der Waals surface area contributed by atoms with E-state index in [0.29, 0.717) is 0 Å². The second-order valence-electron chi connectivity index (χ2n) is 13.5. The molecular formula is C45H38N2O2. The van der Waals surface area contributed by atoms with Crippen molar-refractivity contribution in [1.82, 2.24) is 0 Å². The van der Waals surface area contributed by atoms with Gasteiger partial charge in [0.15, 0.2) is 0 Å². The van der Waals surface area contributed by atoms with Crippen molar-refractivity contribution in [3.63, 3.8) is 0 Å². The van der Waals surface area contributed by atoms with E-state index in [9.17, 15) is 9.59 Å². The second-order valence-corrected chi connectivity index (χ2v) is 13.5. The topological polar surface area (TPSA) is 58.2 Å². The molecule has 0 aromatic heterocycles. The molecule has 2 atom stereocenters. The molecule has 2 N–H and O–H groups in total. The molecule has 0 heterocycles. The summed E-state index contributed by atoms with van der Waals surface area (Å²) in [6.07, 6.45) is 2.34. The van der Waals surface area contributed by atoms with E-state index in [4.69, 9.17) is 0 Å². The Labute approximate surface area is 287 Å². The molecule has 2 fully saturated rings. The molecule has 49 heavy (non-hydrogen) atoms. The number of carbonyl (C=O) groups is 2. The largest absolute Gasteiger partial charge is 0.326 e. The monoisotopic (exact) mass is 638 g/mol. The van der Waals surface area contributed by atoms with E-state index in [1.807, 2.05) is 97.1 Å². The van der Waals surface area contributed by atoms with Crippen LogP contribution in [-0.2, 0) is 26.8 Å². The van der Waals surface area contributed by atoms with Crippen molar-refractivity contribution in [1.29, 1.82) is 0 Å². The molecule has 0 radical (unpaired) electrons. The summed E-state index contributed by atoms with van der Waals surface area (Å²) in [5, 5.41) is 6.35. The van der Waals surface area contributed by atoms with Gasteiger partial charge in [-0.25, -0.2) is 0 Å². The van der Waals surface area contributed by atoms with Crippen LogP contribution in [0.15, 0.2) is 170 Å². The molecule has 2 aliphatic rings. The maximum Gasteiger partial charge on any atom is 0.228 e. The zero-order valence-corrected chi connectivity index (χ0v) is 27.3. The summed E-state index contributed by atoms with van der Waals surface area (Å²) in [5.74, 6) is -0.142. The van der Waals surface area contributed by atoms with Crippen molar-refractivity contribution < 1.29 is 9.59 Å². The minimum Gasteiger partial charge on any atom is -0.326 e. The van der Waals surface area contributed by atoms with Crippen LogP contribution in [0.4, 0.5) is 11.4 Å². The summed E-state index contributed by atoms with van der Waals surface area (Å²) in [6, 6.07) is 57.7.